The molecular formula is C14H25N3O3. The summed E-state index contributed by atoms with van der Waals surface area (Å²) in [5, 5.41) is 15.5. The molecule has 1 aliphatic carbocycles. The molecule has 1 saturated heterocycles. The van der Waals surface area contributed by atoms with Crippen molar-refractivity contribution < 1.29 is 14.7 Å². The normalized spacial score (nSPS) is 23.5. The topological polar surface area (TPSA) is 81.7 Å². The molecule has 2 rings (SSSR count). The zero-order valence-electron chi connectivity index (χ0n) is 12.4. The van der Waals surface area contributed by atoms with E-state index in [1.807, 2.05) is 13.8 Å². The van der Waals surface area contributed by atoms with Crippen LogP contribution in [0.25, 0.3) is 0 Å². The Hall–Kier alpha value is -1.14. The number of carboxylic acid groups (broad SMARTS) is 1. The summed E-state index contributed by atoms with van der Waals surface area (Å²) in [7, 11) is 0. The quantitative estimate of drug-likeness (QED) is 0.686. The second-order valence-corrected chi connectivity index (χ2v) is 6.34. The molecule has 1 aliphatic heterocycles. The van der Waals surface area contributed by atoms with Crippen LogP contribution in [0.2, 0.25) is 0 Å². The Bertz CT molecular complexity index is 383. The maximum atomic E-state index is 12.6. The SMILES string of the molecule is CC(C)(C(=O)NC1(C(=O)O)CCCC1)N1CCNCC1. The van der Waals surface area contributed by atoms with E-state index in [1.54, 1.807) is 0 Å². The van der Waals surface area contributed by atoms with E-state index in [9.17, 15) is 14.7 Å². The summed E-state index contributed by atoms with van der Waals surface area (Å²) in [6, 6.07) is 0. The Labute approximate surface area is 119 Å². The molecule has 0 unspecified atom stereocenters. The minimum absolute atomic E-state index is 0.177. The lowest BCUT2D eigenvalue weighted by Crippen LogP contribution is -2.64. The van der Waals surface area contributed by atoms with Gasteiger partial charge in [-0.15, -0.1) is 0 Å². The van der Waals surface area contributed by atoms with Gasteiger partial charge in [-0.2, -0.15) is 0 Å². The summed E-state index contributed by atoms with van der Waals surface area (Å²) in [5.41, 5.74) is -1.73. The number of hydrogen-bond donors (Lipinski definition) is 3. The van der Waals surface area contributed by atoms with Crippen LogP contribution in [0.4, 0.5) is 0 Å². The predicted molar refractivity (Wildman–Crippen MR) is 75.5 cm³/mol. The Morgan fingerprint density at radius 3 is 2.25 bits per heavy atom. The highest BCUT2D eigenvalue weighted by Crippen LogP contribution is 2.31. The van der Waals surface area contributed by atoms with Crippen molar-refractivity contribution in [1.82, 2.24) is 15.5 Å². The lowest BCUT2D eigenvalue weighted by molar-refractivity contribution is -0.149. The van der Waals surface area contributed by atoms with E-state index in [0.717, 1.165) is 39.0 Å². The predicted octanol–water partition coefficient (Wildman–Crippen LogP) is 0.184. The number of amides is 1. The first kappa shape index (κ1) is 15.3. The summed E-state index contributed by atoms with van der Waals surface area (Å²) >= 11 is 0. The molecule has 0 aromatic carbocycles. The van der Waals surface area contributed by atoms with Gasteiger partial charge < -0.3 is 15.7 Å². The summed E-state index contributed by atoms with van der Waals surface area (Å²) in [6.45, 7) is 7.08. The maximum Gasteiger partial charge on any atom is 0.329 e. The van der Waals surface area contributed by atoms with Gasteiger partial charge in [-0.3, -0.25) is 9.69 Å². The summed E-state index contributed by atoms with van der Waals surface area (Å²) < 4.78 is 0. The molecule has 0 spiro atoms. The van der Waals surface area contributed by atoms with Gasteiger partial charge in [0.1, 0.15) is 5.54 Å². The first-order valence-electron chi connectivity index (χ1n) is 7.40. The van der Waals surface area contributed by atoms with Gasteiger partial charge in [0.15, 0.2) is 0 Å². The molecule has 0 aromatic heterocycles. The van der Waals surface area contributed by atoms with Crippen molar-refractivity contribution in [1.29, 1.82) is 0 Å². The van der Waals surface area contributed by atoms with Crippen molar-refractivity contribution in [2.24, 2.45) is 0 Å². The van der Waals surface area contributed by atoms with Crippen LogP contribution < -0.4 is 10.6 Å². The van der Waals surface area contributed by atoms with Crippen LogP contribution >= 0.6 is 0 Å². The molecule has 0 bridgehead atoms. The Balaban J connectivity index is 2.07. The Kier molecular flexibility index (Phi) is 4.34. The third kappa shape index (κ3) is 2.81. The highest BCUT2D eigenvalue weighted by atomic mass is 16.4. The smallest absolute Gasteiger partial charge is 0.329 e. The highest BCUT2D eigenvalue weighted by Gasteiger charge is 2.46. The molecule has 2 fully saturated rings. The molecule has 20 heavy (non-hydrogen) atoms. The highest BCUT2D eigenvalue weighted by molar-refractivity contribution is 5.91. The van der Waals surface area contributed by atoms with Gasteiger partial charge in [-0.1, -0.05) is 12.8 Å². The lowest BCUT2D eigenvalue weighted by Gasteiger charge is -2.41. The Morgan fingerprint density at radius 1 is 1.20 bits per heavy atom. The Morgan fingerprint density at radius 2 is 1.75 bits per heavy atom. The largest absolute Gasteiger partial charge is 0.480 e. The number of carboxylic acids is 1. The molecule has 114 valence electrons. The molecule has 6 nitrogen and oxygen atoms in total. The minimum Gasteiger partial charge on any atom is -0.480 e. The first-order chi connectivity index (χ1) is 9.38. The standard InChI is InChI=1S/C14H25N3O3/c1-13(2,17-9-7-15-8-10-17)11(18)16-14(12(19)20)5-3-4-6-14/h15H,3-10H2,1-2H3,(H,16,18)(H,19,20). The second kappa shape index (κ2) is 5.69. The summed E-state index contributed by atoms with van der Waals surface area (Å²) in [4.78, 5) is 26.2. The number of aliphatic carboxylic acids is 1. The van der Waals surface area contributed by atoms with E-state index in [-0.39, 0.29) is 5.91 Å². The zero-order valence-corrected chi connectivity index (χ0v) is 12.4. The number of carbonyl (C=O) groups excluding carboxylic acids is 1. The van der Waals surface area contributed by atoms with E-state index < -0.39 is 17.0 Å². The van der Waals surface area contributed by atoms with E-state index in [4.69, 9.17) is 0 Å². The first-order valence-corrected chi connectivity index (χ1v) is 7.40. The molecule has 0 aromatic rings. The summed E-state index contributed by atoms with van der Waals surface area (Å²) in [6.07, 6.45) is 2.79. The van der Waals surface area contributed by atoms with E-state index in [0.29, 0.717) is 12.8 Å². The van der Waals surface area contributed by atoms with Gasteiger partial charge in [0.05, 0.1) is 5.54 Å². The van der Waals surface area contributed by atoms with Gasteiger partial charge in [0.2, 0.25) is 5.91 Å². The molecule has 3 N–H and O–H groups in total. The number of rotatable bonds is 4. The maximum absolute atomic E-state index is 12.6. The van der Waals surface area contributed by atoms with Crippen LogP contribution in [0, 0.1) is 0 Å². The van der Waals surface area contributed by atoms with Crippen molar-refractivity contribution in [3.8, 4) is 0 Å². The fourth-order valence-corrected chi connectivity index (χ4v) is 3.11. The number of carbonyl (C=O) groups is 2. The van der Waals surface area contributed by atoms with E-state index >= 15 is 0 Å². The van der Waals surface area contributed by atoms with Crippen LogP contribution in [0.3, 0.4) is 0 Å². The van der Waals surface area contributed by atoms with Crippen LogP contribution in [0.15, 0.2) is 0 Å². The van der Waals surface area contributed by atoms with Gasteiger partial charge in [0.25, 0.3) is 0 Å². The molecule has 0 atom stereocenters. The zero-order chi connectivity index (χ0) is 14.8. The number of nitrogens with one attached hydrogen (secondary N) is 2. The molecule has 1 saturated carbocycles. The van der Waals surface area contributed by atoms with Crippen LogP contribution in [0.5, 0.6) is 0 Å². The fourth-order valence-electron chi connectivity index (χ4n) is 3.11. The van der Waals surface area contributed by atoms with Crippen molar-refractivity contribution in [3.63, 3.8) is 0 Å². The van der Waals surface area contributed by atoms with Gasteiger partial charge >= 0.3 is 5.97 Å². The number of piperazine rings is 1. The molecule has 0 radical (unpaired) electrons. The van der Waals surface area contributed by atoms with E-state index in [1.165, 1.54) is 0 Å². The van der Waals surface area contributed by atoms with Crippen molar-refractivity contribution in [2.45, 2.75) is 50.6 Å². The van der Waals surface area contributed by atoms with Crippen LogP contribution in [-0.2, 0) is 9.59 Å². The number of nitrogens with zero attached hydrogens (tertiary/aromatic N) is 1. The van der Waals surface area contributed by atoms with E-state index in [2.05, 4.69) is 15.5 Å². The second-order valence-electron chi connectivity index (χ2n) is 6.34. The van der Waals surface area contributed by atoms with Crippen molar-refractivity contribution in [2.75, 3.05) is 26.2 Å². The lowest BCUT2D eigenvalue weighted by atomic mass is 9.93. The van der Waals surface area contributed by atoms with Crippen molar-refractivity contribution >= 4 is 11.9 Å². The van der Waals surface area contributed by atoms with Crippen LogP contribution in [0.1, 0.15) is 39.5 Å². The molecule has 1 heterocycles. The average molecular weight is 283 g/mol. The average Bonchev–Trinajstić information content (AvgIpc) is 2.89. The molecule has 6 heteroatoms. The fraction of sp³-hybridized carbons (Fsp3) is 0.857. The van der Waals surface area contributed by atoms with Gasteiger partial charge in [0, 0.05) is 26.2 Å². The van der Waals surface area contributed by atoms with Crippen molar-refractivity contribution in [3.05, 3.63) is 0 Å². The number of hydrogen-bond acceptors (Lipinski definition) is 4. The third-order valence-electron chi connectivity index (χ3n) is 4.68. The van der Waals surface area contributed by atoms with Gasteiger partial charge in [-0.25, -0.2) is 4.79 Å². The summed E-state index contributed by atoms with van der Waals surface area (Å²) in [5.74, 6) is -1.08. The van der Waals surface area contributed by atoms with Crippen LogP contribution in [-0.4, -0.2) is 59.1 Å². The third-order valence-corrected chi connectivity index (χ3v) is 4.68. The molecule has 1 amide bonds. The monoisotopic (exact) mass is 283 g/mol. The van der Waals surface area contributed by atoms with Gasteiger partial charge in [-0.05, 0) is 26.7 Å². The molecular weight excluding hydrogens is 258 g/mol. The minimum atomic E-state index is -1.05. The molecule has 2 aliphatic rings.